The average Bonchev–Trinajstić information content (AvgIpc) is 2.30. The van der Waals surface area contributed by atoms with Gasteiger partial charge in [0.05, 0.1) is 5.60 Å². The highest BCUT2D eigenvalue weighted by atomic mass is 19.1. The highest BCUT2D eigenvalue weighted by Gasteiger charge is 2.18. The van der Waals surface area contributed by atoms with Gasteiger partial charge in [0.1, 0.15) is 5.82 Å². The van der Waals surface area contributed by atoms with Gasteiger partial charge in [-0.2, -0.15) is 0 Å². The maximum absolute atomic E-state index is 13.5. The molecule has 1 N–H and O–H groups in total. The SMILES string of the molecule is CCOC(C)(C)CNC(C)Cc1ccccc1F. The molecule has 3 heteroatoms. The van der Waals surface area contributed by atoms with Crippen molar-refractivity contribution in [2.75, 3.05) is 13.2 Å². The van der Waals surface area contributed by atoms with E-state index in [2.05, 4.69) is 26.1 Å². The third-order valence-electron chi connectivity index (χ3n) is 2.90. The topological polar surface area (TPSA) is 21.3 Å². The summed E-state index contributed by atoms with van der Waals surface area (Å²) >= 11 is 0. The van der Waals surface area contributed by atoms with Gasteiger partial charge in [-0.25, -0.2) is 4.39 Å². The van der Waals surface area contributed by atoms with Crippen LogP contribution in [0.25, 0.3) is 0 Å². The molecular weight excluding hydrogens is 229 g/mol. The molecule has 0 saturated heterocycles. The Balaban J connectivity index is 2.43. The summed E-state index contributed by atoms with van der Waals surface area (Å²) in [6.45, 7) is 9.63. The first-order valence-corrected chi connectivity index (χ1v) is 6.55. The van der Waals surface area contributed by atoms with Gasteiger partial charge in [0, 0.05) is 19.2 Å². The van der Waals surface area contributed by atoms with Crippen LogP contribution < -0.4 is 5.32 Å². The molecule has 1 aromatic carbocycles. The van der Waals surface area contributed by atoms with Crippen molar-refractivity contribution in [3.8, 4) is 0 Å². The van der Waals surface area contributed by atoms with Gasteiger partial charge in [0.15, 0.2) is 0 Å². The van der Waals surface area contributed by atoms with Gasteiger partial charge < -0.3 is 10.1 Å². The minimum atomic E-state index is -0.182. The molecule has 1 rings (SSSR count). The van der Waals surface area contributed by atoms with Crippen LogP contribution in [0.3, 0.4) is 0 Å². The van der Waals surface area contributed by atoms with Gasteiger partial charge in [-0.15, -0.1) is 0 Å². The molecule has 0 fully saturated rings. The predicted octanol–water partition coefficient (Wildman–Crippen LogP) is 3.16. The summed E-state index contributed by atoms with van der Waals surface area (Å²) in [5.74, 6) is -0.129. The first kappa shape index (κ1) is 15.1. The van der Waals surface area contributed by atoms with E-state index in [0.29, 0.717) is 13.0 Å². The van der Waals surface area contributed by atoms with Crippen LogP contribution >= 0.6 is 0 Å². The lowest BCUT2D eigenvalue weighted by atomic mass is 10.0. The number of benzene rings is 1. The maximum atomic E-state index is 13.5. The Bertz CT molecular complexity index is 365. The molecule has 0 aliphatic carbocycles. The minimum Gasteiger partial charge on any atom is -0.375 e. The van der Waals surface area contributed by atoms with Crippen LogP contribution in [-0.2, 0) is 11.2 Å². The van der Waals surface area contributed by atoms with Gasteiger partial charge in [-0.3, -0.25) is 0 Å². The van der Waals surface area contributed by atoms with E-state index in [1.165, 1.54) is 6.07 Å². The summed E-state index contributed by atoms with van der Waals surface area (Å²) in [5, 5.41) is 3.39. The van der Waals surface area contributed by atoms with Crippen molar-refractivity contribution in [1.29, 1.82) is 0 Å². The molecule has 18 heavy (non-hydrogen) atoms. The molecule has 0 saturated carbocycles. The summed E-state index contributed by atoms with van der Waals surface area (Å²) in [6, 6.07) is 7.15. The molecule has 102 valence electrons. The van der Waals surface area contributed by atoms with Crippen molar-refractivity contribution in [2.45, 2.75) is 45.8 Å². The highest BCUT2D eigenvalue weighted by molar-refractivity contribution is 5.18. The summed E-state index contributed by atoms with van der Waals surface area (Å²) in [4.78, 5) is 0. The molecule has 1 atom stereocenters. The fraction of sp³-hybridized carbons (Fsp3) is 0.600. The molecule has 0 aliphatic heterocycles. The third-order valence-corrected chi connectivity index (χ3v) is 2.90. The smallest absolute Gasteiger partial charge is 0.126 e. The largest absolute Gasteiger partial charge is 0.375 e. The Morgan fingerprint density at radius 1 is 1.33 bits per heavy atom. The molecular formula is C15H24FNO. The number of hydrogen-bond acceptors (Lipinski definition) is 2. The van der Waals surface area contributed by atoms with Crippen LogP contribution in [0.5, 0.6) is 0 Å². The van der Waals surface area contributed by atoms with Gasteiger partial charge >= 0.3 is 0 Å². The Morgan fingerprint density at radius 3 is 2.61 bits per heavy atom. The van der Waals surface area contributed by atoms with E-state index in [0.717, 1.165) is 12.1 Å². The zero-order valence-corrected chi connectivity index (χ0v) is 11.8. The number of rotatable bonds is 7. The van der Waals surface area contributed by atoms with E-state index in [4.69, 9.17) is 4.74 Å². The highest BCUT2D eigenvalue weighted by Crippen LogP contribution is 2.11. The first-order chi connectivity index (χ1) is 8.44. The Hall–Kier alpha value is -0.930. The van der Waals surface area contributed by atoms with Crippen molar-refractivity contribution in [1.82, 2.24) is 5.32 Å². The first-order valence-electron chi connectivity index (χ1n) is 6.55. The molecule has 0 radical (unpaired) electrons. The second-order valence-electron chi connectivity index (χ2n) is 5.27. The van der Waals surface area contributed by atoms with Crippen LogP contribution in [0.1, 0.15) is 33.3 Å². The van der Waals surface area contributed by atoms with E-state index in [9.17, 15) is 4.39 Å². The number of halogens is 1. The zero-order chi connectivity index (χ0) is 13.6. The van der Waals surface area contributed by atoms with Gasteiger partial charge in [0.2, 0.25) is 0 Å². The second-order valence-corrected chi connectivity index (χ2v) is 5.27. The lowest BCUT2D eigenvalue weighted by Crippen LogP contribution is -2.42. The molecule has 0 spiro atoms. The van der Waals surface area contributed by atoms with E-state index < -0.39 is 0 Å². The Kier molecular flexibility index (Phi) is 5.76. The fourth-order valence-corrected chi connectivity index (χ4v) is 1.93. The van der Waals surface area contributed by atoms with Crippen molar-refractivity contribution in [3.05, 3.63) is 35.6 Å². The zero-order valence-electron chi connectivity index (χ0n) is 11.8. The second kappa shape index (κ2) is 6.86. The van der Waals surface area contributed by atoms with Gasteiger partial charge in [-0.05, 0) is 45.7 Å². The average molecular weight is 253 g/mol. The maximum Gasteiger partial charge on any atom is 0.126 e. The summed E-state index contributed by atoms with van der Waals surface area (Å²) in [6.07, 6.45) is 0.689. The summed E-state index contributed by atoms with van der Waals surface area (Å²) in [5.41, 5.74) is 0.574. The fourth-order valence-electron chi connectivity index (χ4n) is 1.93. The number of ether oxygens (including phenoxy) is 1. The Labute approximate surface area is 110 Å². The summed E-state index contributed by atoms with van der Waals surface area (Å²) < 4.78 is 19.1. The van der Waals surface area contributed by atoms with E-state index in [-0.39, 0.29) is 17.5 Å². The van der Waals surface area contributed by atoms with Crippen molar-refractivity contribution < 1.29 is 9.13 Å². The van der Waals surface area contributed by atoms with Crippen LogP contribution in [0.15, 0.2) is 24.3 Å². The molecule has 1 unspecified atom stereocenters. The quantitative estimate of drug-likeness (QED) is 0.806. The van der Waals surface area contributed by atoms with E-state index in [1.54, 1.807) is 6.07 Å². The normalized spacial score (nSPS) is 13.6. The minimum absolute atomic E-state index is 0.129. The lowest BCUT2D eigenvalue weighted by Gasteiger charge is -2.27. The molecule has 0 heterocycles. The molecule has 0 aromatic heterocycles. The standard InChI is InChI=1S/C15H24FNO/c1-5-18-15(3,4)11-17-12(2)10-13-8-6-7-9-14(13)16/h6-9,12,17H,5,10-11H2,1-4H3. The molecule has 2 nitrogen and oxygen atoms in total. The van der Waals surface area contributed by atoms with Crippen LogP contribution in [0.2, 0.25) is 0 Å². The van der Waals surface area contributed by atoms with Crippen LogP contribution in [0, 0.1) is 5.82 Å². The molecule has 0 aliphatic rings. The van der Waals surface area contributed by atoms with Crippen LogP contribution in [-0.4, -0.2) is 24.8 Å². The molecule has 0 amide bonds. The molecule has 0 bridgehead atoms. The van der Waals surface area contributed by atoms with Gasteiger partial charge in [0.25, 0.3) is 0 Å². The van der Waals surface area contributed by atoms with Crippen molar-refractivity contribution in [2.24, 2.45) is 0 Å². The van der Waals surface area contributed by atoms with E-state index >= 15 is 0 Å². The number of hydrogen-bond donors (Lipinski definition) is 1. The monoisotopic (exact) mass is 253 g/mol. The van der Waals surface area contributed by atoms with Crippen molar-refractivity contribution in [3.63, 3.8) is 0 Å². The number of nitrogens with one attached hydrogen (secondary N) is 1. The van der Waals surface area contributed by atoms with Crippen molar-refractivity contribution >= 4 is 0 Å². The summed E-state index contributed by atoms with van der Waals surface area (Å²) in [7, 11) is 0. The predicted molar refractivity (Wildman–Crippen MR) is 73.3 cm³/mol. The van der Waals surface area contributed by atoms with E-state index in [1.807, 2.05) is 19.1 Å². The molecule has 1 aromatic rings. The van der Waals surface area contributed by atoms with Gasteiger partial charge in [-0.1, -0.05) is 18.2 Å². The van der Waals surface area contributed by atoms with Crippen LogP contribution in [0.4, 0.5) is 4.39 Å². The lowest BCUT2D eigenvalue weighted by molar-refractivity contribution is -0.0102. The Morgan fingerprint density at radius 2 is 2.00 bits per heavy atom. The third kappa shape index (κ3) is 5.15.